The number of amides is 1. The second-order valence-electron chi connectivity index (χ2n) is 3.07. The molecule has 2 heterocycles. The zero-order valence-corrected chi connectivity index (χ0v) is 9.52. The van der Waals surface area contributed by atoms with Crippen LogP contribution >= 0.6 is 11.3 Å². The van der Waals surface area contributed by atoms with Gasteiger partial charge < -0.3 is 5.32 Å². The molecule has 0 aliphatic heterocycles. The average Bonchev–Trinajstić information content (AvgIpc) is 2.77. The van der Waals surface area contributed by atoms with Crippen LogP contribution in [0.25, 0.3) is 0 Å². The summed E-state index contributed by atoms with van der Waals surface area (Å²) < 4.78 is 1.45. The van der Waals surface area contributed by atoms with Gasteiger partial charge in [0.2, 0.25) is 11.0 Å². The van der Waals surface area contributed by atoms with E-state index in [-0.39, 0.29) is 12.3 Å². The Morgan fingerprint density at radius 1 is 1.44 bits per heavy atom. The fraction of sp³-hybridized carbons (Fsp3) is 0.429. The molecule has 0 unspecified atom stereocenters. The number of nitrogens with one attached hydrogen (secondary N) is 1. The van der Waals surface area contributed by atoms with Crippen molar-refractivity contribution in [2.75, 3.05) is 5.32 Å². The minimum absolute atomic E-state index is 0.113. The van der Waals surface area contributed by atoms with Gasteiger partial charge in [-0.3, -0.25) is 4.79 Å². The molecule has 16 heavy (non-hydrogen) atoms. The van der Waals surface area contributed by atoms with Gasteiger partial charge in [-0.05, 0) is 17.4 Å². The van der Waals surface area contributed by atoms with Gasteiger partial charge in [-0.1, -0.05) is 11.3 Å². The maximum Gasteiger partial charge on any atom is 0.233 e. The molecule has 0 saturated carbocycles. The summed E-state index contributed by atoms with van der Waals surface area (Å²) in [5, 5.41) is 22.3. The molecule has 2 aromatic heterocycles. The summed E-state index contributed by atoms with van der Waals surface area (Å²) in [7, 11) is 1.68. The van der Waals surface area contributed by atoms with E-state index in [0.29, 0.717) is 11.0 Å². The van der Waals surface area contributed by atoms with Crippen LogP contribution in [-0.2, 0) is 18.3 Å². The van der Waals surface area contributed by atoms with Crippen molar-refractivity contribution < 1.29 is 4.79 Å². The van der Waals surface area contributed by atoms with Gasteiger partial charge in [0.25, 0.3) is 0 Å². The minimum Gasteiger partial charge on any atom is -0.300 e. The topological polar surface area (TPSA) is 98.5 Å². The molecular formula is C7H9N7OS. The van der Waals surface area contributed by atoms with Gasteiger partial charge in [0.1, 0.15) is 5.01 Å². The number of carbonyl (C=O) groups excluding carboxylic acids is 1. The van der Waals surface area contributed by atoms with Crippen LogP contribution in [0, 0.1) is 6.92 Å². The molecule has 0 fully saturated rings. The lowest BCUT2D eigenvalue weighted by Gasteiger charge is -1.98. The van der Waals surface area contributed by atoms with Crippen molar-refractivity contribution >= 4 is 22.4 Å². The van der Waals surface area contributed by atoms with E-state index in [0.717, 1.165) is 5.01 Å². The molecule has 1 amide bonds. The lowest BCUT2D eigenvalue weighted by molar-refractivity contribution is -0.115. The first kappa shape index (κ1) is 10.6. The number of nitrogens with zero attached hydrogens (tertiary/aromatic N) is 6. The van der Waals surface area contributed by atoms with Crippen molar-refractivity contribution in [3.63, 3.8) is 0 Å². The molecule has 9 heteroatoms. The van der Waals surface area contributed by atoms with Gasteiger partial charge in [0.15, 0.2) is 5.82 Å². The third kappa shape index (κ3) is 2.37. The van der Waals surface area contributed by atoms with Crippen molar-refractivity contribution in [3.8, 4) is 0 Å². The molecule has 0 aliphatic carbocycles. The maximum absolute atomic E-state index is 11.6. The molecule has 0 spiro atoms. The van der Waals surface area contributed by atoms with Crippen molar-refractivity contribution in [2.45, 2.75) is 13.3 Å². The van der Waals surface area contributed by atoms with E-state index >= 15 is 0 Å². The lowest BCUT2D eigenvalue weighted by atomic mass is 10.4. The molecule has 0 bridgehead atoms. The Morgan fingerprint density at radius 2 is 2.25 bits per heavy atom. The highest BCUT2D eigenvalue weighted by Gasteiger charge is 2.11. The lowest BCUT2D eigenvalue weighted by Crippen LogP contribution is -2.17. The molecule has 0 aliphatic rings. The van der Waals surface area contributed by atoms with Crippen LogP contribution in [-0.4, -0.2) is 36.3 Å². The minimum atomic E-state index is -0.214. The molecule has 0 saturated heterocycles. The second kappa shape index (κ2) is 4.31. The summed E-state index contributed by atoms with van der Waals surface area (Å²) in [5.41, 5.74) is 0. The Hall–Kier alpha value is -1.90. The van der Waals surface area contributed by atoms with Crippen molar-refractivity contribution in [1.82, 2.24) is 30.4 Å². The van der Waals surface area contributed by atoms with E-state index in [4.69, 9.17) is 0 Å². The van der Waals surface area contributed by atoms with E-state index in [2.05, 4.69) is 31.0 Å². The Labute approximate surface area is 94.7 Å². The maximum atomic E-state index is 11.6. The number of aromatic nitrogens is 6. The van der Waals surface area contributed by atoms with E-state index in [9.17, 15) is 4.79 Å². The molecule has 0 radical (unpaired) electrons. The number of rotatable bonds is 3. The normalized spacial score (nSPS) is 10.4. The Morgan fingerprint density at radius 3 is 2.81 bits per heavy atom. The quantitative estimate of drug-likeness (QED) is 0.779. The number of hydrogen-bond donors (Lipinski definition) is 1. The first-order valence-electron chi connectivity index (χ1n) is 4.46. The van der Waals surface area contributed by atoms with Crippen molar-refractivity contribution in [2.24, 2.45) is 7.05 Å². The van der Waals surface area contributed by atoms with Crippen LogP contribution in [0.4, 0.5) is 5.13 Å². The predicted octanol–water partition coefficient (Wildman–Crippen LogP) is -0.449. The van der Waals surface area contributed by atoms with Gasteiger partial charge in [-0.15, -0.1) is 15.3 Å². The number of tetrazole rings is 1. The molecule has 84 valence electrons. The molecule has 0 aromatic carbocycles. The van der Waals surface area contributed by atoms with Gasteiger partial charge in [-0.25, -0.2) is 4.68 Å². The predicted molar refractivity (Wildman–Crippen MR) is 55.8 cm³/mol. The summed E-state index contributed by atoms with van der Waals surface area (Å²) in [6, 6.07) is 0. The van der Waals surface area contributed by atoms with Crippen LogP contribution in [0.2, 0.25) is 0 Å². The smallest absolute Gasteiger partial charge is 0.233 e. The Balaban J connectivity index is 1.97. The Kier molecular flexibility index (Phi) is 2.86. The molecule has 2 rings (SSSR count). The third-order valence-electron chi connectivity index (χ3n) is 1.80. The summed E-state index contributed by atoms with van der Waals surface area (Å²) in [6.45, 7) is 1.82. The number of aryl methyl sites for hydroxylation is 2. The number of carbonyl (C=O) groups is 1. The molecular weight excluding hydrogens is 230 g/mol. The highest BCUT2D eigenvalue weighted by Crippen LogP contribution is 2.13. The Bertz CT molecular complexity index is 504. The van der Waals surface area contributed by atoms with Gasteiger partial charge >= 0.3 is 0 Å². The fourth-order valence-electron chi connectivity index (χ4n) is 1.05. The van der Waals surface area contributed by atoms with Crippen LogP contribution in [0.15, 0.2) is 0 Å². The van der Waals surface area contributed by atoms with Gasteiger partial charge in [0.05, 0.1) is 6.42 Å². The van der Waals surface area contributed by atoms with Crippen LogP contribution in [0.1, 0.15) is 10.8 Å². The van der Waals surface area contributed by atoms with E-state index in [1.165, 1.54) is 16.0 Å². The zero-order valence-electron chi connectivity index (χ0n) is 8.71. The van der Waals surface area contributed by atoms with Crippen molar-refractivity contribution in [1.29, 1.82) is 0 Å². The summed E-state index contributed by atoms with van der Waals surface area (Å²) in [4.78, 5) is 11.6. The number of anilines is 1. The van der Waals surface area contributed by atoms with Crippen LogP contribution in [0.3, 0.4) is 0 Å². The van der Waals surface area contributed by atoms with Crippen LogP contribution in [0.5, 0.6) is 0 Å². The number of hydrogen-bond acceptors (Lipinski definition) is 7. The van der Waals surface area contributed by atoms with Gasteiger partial charge in [0, 0.05) is 7.05 Å². The molecule has 8 nitrogen and oxygen atoms in total. The standard InChI is InChI=1S/C7H9N7OS/c1-4-9-11-7(16-4)8-6(15)3-5-10-12-13-14(5)2/h3H2,1-2H3,(H,8,11,15). The zero-order chi connectivity index (χ0) is 11.5. The first-order chi connectivity index (χ1) is 7.65. The highest BCUT2D eigenvalue weighted by molar-refractivity contribution is 7.15. The molecule has 0 atom stereocenters. The average molecular weight is 239 g/mol. The van der Waals surface area contributed by atoms with E-state index in [1.54, 1.807) is 7.05 Å². The second-order valence-corrected chi connectivity index (χ2v) is 4.25. The highest BCUT2D eigenvalue weighted by atomic mass is 32.1. The SMILES string of the molecule is Cc1nnc(NC(=O)Cc2nnnn2C)s1. The summed E-state index contributed by atoms with van der Waals surface area (Å²) in [5.74, 6) is 0.285. The van der Waals surface area contributed by atoms with Gasteiger partial charge in [-0.2, -0.15) is 0 Å². The molecule has 2 aromatic rings. The molecule has 1 N–H and O–H groups in total. The fourth-order valence-corrected chi connectivity index (χ4v) is 1.66. The van der Waals surface area contributed by atoms with Crippen LogP contribution < -0.4 is 5.32 Å². The first-order valence-corrected chi connectivity index (χ1v) is 5.28. The van der Waals surface area contributed by atoms with E-state index < -0.39 is 0 Å². The van der Waals surface area contributed by atoms with Crippen molar-refractivity contribution in [3.05, 3.63) is 10.8 Å². The summed E-state index contributed by atoms with van der Waals surface area (Å²) >= 11 is 1.32. The van der Waals surface area contributed by atoms with E-state index in [1.807, 2.05) is 6.92 Å². The summed E-state index contributed by atoms with van der Waals surface area (Å²) in [6.07, 6.45) is 0.113. The third-order valence-corrected chi connectivity index (χ3v) is 2.55. The monoisotopic (exact) mass is 239 g/mol. The largest absolute Gasteiger partial charge is 0.300 e.